The first-order valence-corrected chi connectivity index (χ1v) is 8.14. The topological polar surface area (TPSA) is 73.7 Å². The molecule has 1 aromatic heterocycles. The SMILES string of the molecule is CCc1nccc(CN2CCC3(CC2)N=C(N(C)C)NC3=O)n1. The van der Waals surface area contributed by atoms with Gasteiger partial charge in [0.15, 0.2) is 0 Å². The molecular formula is C16H24N6O. The fraction of sp³-hybridized carbons (Fsp3) is 0.625. The Labute approximate surface area is 136 Å². The van der Waals surface area contributed by atoms with Gasteiger partial charge in [-0.15, -0.1) is 0 Å². The largest absolute Gasteiger partial charge is 0.349 e. The number of rotatable bonds is 3. The van der Waals surface area contributed by atoms with Crippen molar-refractivity contribution < 1.29 is 4.79 Å². The van der Waals surface area contributed by atoms with Gasteiger partial charge in [-0.2, -0.15) is 0 Å². The summed E-state index contributed by atoms with van der Waals surface area (Å²) in [5, 5.41) is 2.89. The molecule has 1 N–H and O–H groups in total. The number of piperidine rings is 1. The summed E-state index contributed by atoms with van der Waals surface area (Å²) < 4.78 is 0. The number of aryl methyl sites for hydroxylation is 1. The minimum atomic E-state index is -0.573. The van der Waals surface area contributed by atoms with Crippen molar-refractivity contribution in [2.24, 2.45) is 4.99 Å². The maximum Gasteiger partial charge on any atom is 0.254 e. The Balaban J connectivity index is 1.63. The van der Waals surface area contributed by atoms with E-state index in [1.54, 1.807) is 0 Å². The van der Waals surface area contributed by atoms with Crippen LogP contribution in [0.4, 0.5) is 0 Å². The first-order valence-electron chi connectivity index (χ1n) is 8.14. The van der Waals surface area contributed by atoms with Gasteiger partial charge in [-0.05, 0) is 18.9 Å². The third kappa shape index (κ3) is 3.19. The summed E-state index contributed by atoms with van der Waals surface area (Å²) in [4.78, 5) is 30.0. The summed E-state index contributed by atoms with van der Waals surface area (Å²) in [5.74, 6) is 1.59. The van der Waals surface area contributed by atoms with Crippen molar-refractivity contribution in [3.8, 4) is 0 Å². The van der Waals surface area contributed by atoms with E-state index >= 15 is 0 Å². The van der Waals surface area contributed by atoms with Crippen LogP contribution in [0.25, 0.3) is 0 Å². The molecule has 0 bridgehead atoms. The maximum atomic E-state index is 12.3. The van der Waals surface area contributed by atoms with Gasteiger partial charge in [0, 0.05) is 46.3 Å². The number of amides is 1. The van der Waals surface area contributed by atoms with Gasteiger partial charge >= 0.3 is 0 Å². The standard InChI is InChI=1S/C16H24N6O/c1-4-13-17-8-5-12(18-13)11-22-9-6-16(7-10-22)14(23)19-15(20-16)21(2)3/h5,8H,4,6-7,9-11H2,1-3H3,(H,19,20,23). The van der Waals surface area contributed by atoms with Crippen molar-refractivity contribution in [3.63, 3.8) is 0 Å². The highest BCUT2D eigenvalue weighted by Gasteiger charge is 2.46. The van der Waals surface area contributed by atoms with Crippen molar-refractivity contribution in [1.82, 2.24) is 25.1 Å². The molecule has 1 saturated heterocycles. The van der Waals surface area contributed by atoms with Gasteiger partial charge < -0.3 is 4.90 Å². The number of guanidine groups is 1. The van der Waals surface area contributed by atoms with E-state index in [1.807, 2.05) is 31.3 Å². The first kappa shape index (κ1) is 15.9. The van der Waals surface area contributed by atoms with Crippen LogP contribution in [0.15, 0.2) is 17.3 Å². The quantitative estimate of drug-likeness (QED) is 0.875. The van der Waals surface area contributed by atoms with E-state index in [1.165, 1.54) is 0 Å². The predicted molar refractivity (Wildman–Crippen MR) is 87.9 cm³/mol. The normalized spacial score (nSPS) is 20.5. The number of likely N-dealkylation sites (tertiary alicyclic amines) is 1. The van der Waals surface area contributed by atoms with Crippen LogP contribution >= 0.6 is 0 Å². The Morgan fingerprint density at radius 3 is 2.70 bits per heavy atom. The van der Waals surface area contributed by atoms with Crippen LogP contribution in [0.2, 0.25) is 0 Å². The Hall–Kier alpha value is -2.02. The molecule has 0 aromatic carbocycles. The average molecular weight is 316 g/mol. The number of aliphatic imine (C=N–C) groups is 1. The molecular weight excluding hydrogens is 292 g/mol. The van der Waals surface area contributed by atoms with E-state index < -0.39 is 5.54 Å². The van der Waals surface area contributed by atoms with Crippen molar-refractivity contribution in [1.29, 1.82) is 0 Å². The number of nitrogens with one attached hydrogen (secondary N) is 1. The second-order valence-electron chi connectivity index (χ2n) is 6.41. The molecule has 3 rings (SSSR count). The van der Waals surface area contributed by atoms with E-state index in [4.69, 9.17) is 0 Å². The first-order chi connectivity index (χ1) is 11.0. The highest BCUT2D eigenvalue weighted by molar-refractivity contribution is 6.07. The van der Waals surface area contributed by atoms with Crippen LogP contribution in [0.3, 0.4) is 0 Å². The minimum Gasteiger partial charge on any atom is -0.349 e. The second-order valence-corrected chi connectivity index (χ2v) is 6.41. The zero-order valence-electron chi connectivity index (χ0n) is 14.0. The van der Waals surface area contributed by atoms with Crippen LogP contribution in [-0.2, 0) is 17.8 Å². The molecule has 1 amide bonds. The zero-order valence-corrected chi connectivity index (χ0v) is 14.0. The Morgan fingerprint density at radius 1 is 1.35 bits per heavy atom. The molecule has 2 aliphatic heterocycles. The number of carbonyl (C=O) groups is 1. The molecule has 1 spiro atoms. The lowest BCUT2D eigenvalue weighted by atomic mass is 9.88. The molecule has 0 saturated carbocycles. The van der Waals surface area contributed by atoms with Gasteiger partial charge in [0.1, 0.15) is 11.4 Å². The number of aromatic nitrogens is 2. The number of carbonyl (C=O) groups excluding carboxylic acids is 1. The van der Waals surface area contributed by atoms with Gasteiger partial charge in [-0.3, -0.25) is 15.0 Å². The molecule has 0 unspecified atom stereocenters. The monoisotopic (exact) mass is 316 g/mol. The van der Waals surface area contributed by atoms with E-state index in [0.29, 0.717) is 5.96 Å². The highest BCUT2D eigenvalue weighted by Crippen LogP contribution is 2.30. The fourth-order valence-corrected chi connectivity index (χ4v) is 3.06. The lowest BCUT2D eigenvalue weighted by Crippen LogP contribution is -2.49. The van der Waals surface area contributed by atoms with Crippen LogP contribution in [0.1, 0.15) is 31.3 Å². The molecule has 0 aliphatic carbocycles. The van der Waals surface area contributed by atoms with E-state index in [2.05, 4.69) is 32.1 Å². The molecule has 7 nitrogen and oxygen atoms in total. The molecule has 23 heavy (non-hydrogen) atoms. The third-order valence-corrected chi connectivity index (χ3v) is 4.54. The number of hydrogen-bond donors (Lipinski definition) is 1. The number of nitrogens with zero attached hydrogens (tertiary/aromatic N) is 5. The van der Waals surface area contributed by atoms with Crippen LogP contribution in [0.5, 0.6) is 0 Å². The summed E-state index contributed by atoms with van der Waals surface area (Å²) in [7, 11) is 3.79. The van der Waals surface area contributed by atoms with Crippen molar-refractivity contribution in [2.45, 2.75) is 38.3 Å². The molecule has 3 heterocycles. The van der Waals surface area contributed by atoms with Crippen molar-refractivity contribution in [2.75, 3.05) is 27.2 Å². The van der Waals surface area contributed by atoms with Crippen molar-refractivity contribution >= 4 is 11.9 Å². The van der Waals surface area contributed by atoms with Gasteiger partial charge in [0.2, 0.25) is 5.96 Å². The molecule has 0 radical (unpaired) electrons. The van der Waals surface area contributed by atoms with Crippen LogP contribution in [-0.4, -0.2) is 64.4 Å². The summed E-state index contributed by atoms with van der Waals surface area (Å²) in [5.41, 5.74) is 0.470. The molecule has 1 aromatic rings. The molecule has 1 fully saturated rings. The van der Waals surface area contributed by atoms with E-state index in [0.717, 1.165) is 50.4 Å². The predicted octanol–water partition coefficient (Wildman–Crippen LogP) is 0.421. The fourth-order valence-electron chi connectivity index (χ4n) is 3.06. The zero-order chi connectivity index (χ0) is 16.4. The summed E-state index contributed by atoms with van der Waals surface area (Å²) in [6, 6.07) is 1.97. The smallest absolute Gasteiger partial charge is 0.254 e. The Bertz CT molecular complexity index is 619. The van der Waals surface area contributed by atoms with Gasteiger partial charge in [-0.25, -0.2) is 15.0 Å². The van der Waals surface area contributed by atoms with Gasteiger partial charge in [-0.1, -0.05) is 6.92 Å². The van der Waals surface area contributed by atoms with Crippen molar-refractivity contribution in [3.05, 3.63) is 23.8 Å². The van der Waals surface area contributed by atoms with Gasteiger partial charge in [0.05, 0.1) is 5.69 Å². The van der Waals surface area contributed by atoms with E-state index in [-0.39, 0.29) is 5.91 Å². The second kappa shape index (κ2) is 6.23. The highest BCUT2D eigenvalue weighted by atomic mass is 16.2. The minimum absolute atomic E-state index is 0.0381. The summed E-state index contributed by atoms with van der Waals surface area (Å²) >= 11 is 0. The molecule has 0 atom stereocenters. The van der Waals surface area contributed by atoms with Crippen LogP contribution in [0, 0.1) is 0 Å². The Kier molecular flexibility index (Phi) is 4.30. The average Bonchev–Trinajstić information content (AvgIpc) is 2.87. The molecule has 2 aliphatic rings. The molecule has 7 heteroatoms. The van der Waals surface area contributed by atoms with E-state index in [9.17, 15) is 4.79 Å². The lowest BCUT2D eigenvalue weighted by Gasteiger charge is -2.35. The Morgan fingerprint density at radius 2 is 2.09 bits per heavy atom. The summed E-state index contributed by atoms with van der Waals surface area (Å²) in [6.07, 6.45) is 4.17. The molecule has 124 valence electrons. The maximum absolute atomic E-state index is 12.3. The summed E-state index contributed by atoms with van der Waals surface area (Å²) in [6.45, 7) is 4.56. The van der Waals surface area contributed by atoms with Crippen LogP contribution < -0.4 is 5.32 Å². The lowest BCUT2D eigenvalue weighted by molar-refractivity contribution is -0.125. The third-order valence-electron chi connectivity index (χ3n) is 4.54. The number of hydrogen-bond acceptors (Lipinski definition) is 6. The van der Waals surface area contributed by atoms with Gasteiger partial charge in [0.25, 0.3) is 5.91 Å².